The van der Waals surface area contributed by atoms with Crippen molar-refractivity contribution in [3.63, 3.8) is 0 Å². The highest BCUT2D eigenvalue weighted by molar-refractivity contribution is 5.94. The molecule has 0 bridgehead atoms. The minimum Gasteiger partial charge on any atom is -0.493 e. The third kappa shape index (κ3) is 4.81. The summed E-state index contributed by atoms with van der Waals surface area (Å²) >= 11 is 0. The zero-order chi connectivity index (χ0) is 14.1. The Morgan fingerprint density at radius 2 is 2.00 bits per heavy atom. The summed E-state index contributed by atoms with van der Waals surface area (Å²) in [6, 6.07) is 5.26. The highest BCUT2D eigenvalue weighted by Crippen LogP contribution is 2.28. The number of amides is 1. The molecular formula is C15H23NO3. The van der Waals surface area contributed by atoms with Crippen LogP contribution in [0.5, 0.6) is 11.5 Å². The Bertz CT molecular complexity index is 404. The molecule has 1 rings (SSSR count). The van der Waals surface area contributed by atoms with E-state index in [4.69, 9.17) is 9.47 Å². The lowest BCUT2D eigenvalue weighted by molar-refractivity contribution is 0.0953. The van der Waals surface area contributed by atoms with Crippen LogP contribution in [0.25, 0.3) is 0 Å². The molecule has 19 heavy (non-hydrogen) atoms. The molecule has 106 valence electrons. The van der Waals surface area contributed by atoms with Gasteiger partial charge in [-0.15, -0.1) is 0 Å². The molecule has 0 aromatic heterocycles. The molecule has 0 aliphatic heterocycles. The number of ether oxygens (including phenoxy) is 2. The molecule has 1 N–H and O–H groups in total. The second-order valence-electron chi connectivity index (χ2n) is 4.32. The van der Waals surface area contributed by atoms with Crippen LogP contribution in [0.15, 0.2) is 18.2 Å². The summed E-state index contributed by atoms with van der Waals surface area (Å²) in [6.07, 6.45) is 3.00. The molecule has 0 aliphatic carbocycles. The quantitative estimate of drug-likeness (QED) is 0.735. The van der Waals surface area contributed by atoms with Crippen molar-refractivity contribution in [2.24, 2.45) is 0 Å². The Labute approximate surface area is 115 Å². The summed E-state index contributed by atoms with van der Waals surface area (Å²) in [7, 11) is 1.58. The van der Waals surface area contributed by atoms with Crippen LogP contribution in [-0.2, 0) is 0 Å². The van der Waals surface area contributed by atoms with Gasteiger partial charge >= 0.3 is 0 Å². The number of hydrogen-bond acceptors (Lipinski definition) is 3. The fraction of sp³-hybridized carbons (Fsp3) is 0.533. The molecule has 0 fully saturated rings. The maximum atomic E-state index is 11.8. The highest BCUT2D eigenvalue weighted by atomic mass is 16.5. The smallest absolute Gasteiger partial charge is 0.251 e. The normalized spacial score (nSPS) is 10.1. The number of hydrogen-bond donors (Lipinski definition) is 1. The van der Waals surface area contributed by atoms with Gasteiger partial charge in [-0.2, -0.15) is 0 Å². The van der Waals surface area contributed by atoms with Crippen LogP contribution < -0.4 is 14.8 Å². The van der Waals surface area contributed by atoms with E-state index >= 15 is 0 Å². The number of benzene rings is 1. The minimum atomic E-state index is -0.0831. The molecule has 1 aromatic rings. The van der Waals surface area contributed by atoms with E-state index in [9.17, 15) is 4.79 Å². The summed E-state index contributed by atoms with van der Waals surface area (Å²) in [4.78, 5) is 11.8. The molecule has 0 heterocycles. The van der Waals surface area contributed by atoms with Crippen molar-refractivity contribution in [3.8, 4) is 11.5 Å². The maximum Gasteiger partial charge on any atom is 0.251 e. The van der Waals surface area contributed by atoms with Crippen LogP contribution in [0.2, 0.25) is 0 Å². The monoisotopic (exact) mass is 265 g/mol. The summed E-state index contributed by atoms with van der Waals surface area (Å²) < 4.78 is 10.9. The lowest BCUT2D eigenvalue weighted by Crippen LogP contribution is -2.23. The van der Waals surface area contributed by atoms with E-state index in [2.05, 4.69) is 12.2 Å². The van der Waals surface area contributed by atoms with Crippen molar-refractivity contribution < 1.29 is 14.3 Å². The van der Waals surface area contributed by atoms with Gasteiger partial charge in [-0.25, -0.2) is 0 Å². The highest BCUT2D eigenvalue weighted by Gasteiger charge is 2.10. The van der Waals surface area contributed by atoms with Crippen LogP contribution in [-0.4, -0.2) is 26.2 Å². The van der Waals surface area contributed by atoms with Crippen molar-refractivity contribution in [3.05, 3.63) is 23.8 Å². The topological polar surface area (TPSA) is 47.6 Å². The number of carbonyl (C=O) groups is 1. The Morgan fingerprint density at radius 1 is 1.21 bits per heavy atom. The Hall–Kier alpha value is -1.71. The van der Waals surface area contributed by atoms with Crippen LogP contribution in [0.1, 0.15) is 43.5 Å². The van der Waals surface area contributed by atoms with Crippen molar-refractivity contribution in [2.75, 3.05) is 20.3 Å². The lowest BCUT2D eigenvalue weighted by atomic mass is 10.2. The Morgan fingerprint density at radius 3 is 2.63 bits per heavy atom. The van der Waals surface area contributed by atoms with Gasteiger partial charge in [-0.05, 0) is 31.0 Å². The zero-order valence-electron chi connectivity index (χ0n) is 12.0. The first kappa shape index (κ1) is 15.3. The standard InChI is InChI=1S/C15H23NO3/c1-4-6-10-19-13-8-7-12(11-14(13)18-3)15(17)16-9-5-2/h7-8,11H,4-6,9-10H2,1-3H3,(H,16,17). The molecule has 1 amide bonds. The molecule has 4 nitrogen and oxygen atoms in total. The van der Waals surface area contributed by atoms with Crippen LogP contribution in [0.4, 0.5) is 0 Å². The van der Waals surface area contributed by atoms with Crippen LogP contribution >= 0.6 is 0 Å². The van der Waals surface area contributed by atoms with Gasteiger partial charge in [0, 0.05) is 12.1 Å². The third-order valence-corrected chi connectivity index (χ3v) is 2.72. The van der Waals surface area contributed by atoms with Gasteiger partial charge in [0.25, 0.3) is 5.91 Å². The van der Waals surface area contributed by atoms with E-state index < -0.39 is 0 Å². The molecule has 4 heteroatoms. The van der Waals surface area contributed by atoms with Gasteiger partial charge in [-0.3, -0.25) is 4.79 Å². The molecule has 0 saturated carbocycles. The summed E-state index contributed by atoms with van der Waals surface area (Å²) in [5, 5.41) is 2.84. The maximum absolute atomic E-state index is 11.8. The van der Waals surface area contributed by atoms with Gasteiger partial charge in [0.1, 0.15) is 0 Å². The first-order valence-corrected chi connectivity index (χ1v) is 6.82. The molecule has 0 aliphatic rings. The molecular weight excluding hydrogens is 242 g/mol. The van der Waals surface area contributed by atoms with Gasteiger partial charge < -0.3 is 14.8 Å². The number of rotatable bonds is 8. The Kier molecular flexibility index (Phi) is 6.79. The number of unbranched alkanes of at least 4 members (excludes halogenated alkanes) is 1. The molecule has 0 radical (unpaired) electrons. The van der Waals surface area contributed by atoms with Gasteiger partial charge in [-0.1, -0.05) is 20.3 Å². The van der Waals surface area contributed by atoms with E-state index in [1.54, 1.807) is 25.3 Å². The summed E-state index contributed by atoms with van der Waals surface area (Å²) in [5.41, 5.74) is 0.591. The van der Waals surface area contributed by atoms with Gasteiger partial charge in [0.05, 0.1) is 13.7 Å². The van der Waals surface area contributed by atoms with E-state index in [0.29, 0.717) is 30.2 Å². The average Bonchev–Trinajstić information content (AvgIpc) is 2.45. The van der Waals surface area contributed by atoms with Crippen molar-refractivity contribution in [2.45, 2.75) is 33.1 Å². The molecule has 0 unspecified atom stereocenters. The second-order valence-corrected chi connectivity index (χ2v) is 4.32. The minimum absolute atomic E-state index is 0.0831. The first-order chi connectivity index (χ1) is 9.22. The predicted octanol–water partition coefficient (Wildman–Crippen LogP) is 3.01. The van der Waals surface area contributed by atoms with Gasteiger partial charge in [0.2, 0.25) is 0 Å². The van der Waals surface area contributed by atoms with E-state index in [0.717, 1.165) is 19.3 Å². The molecule has 0 saturated heterocycles. The van der Waals surface area contributed by atoms with Crippen molar-refractivity contribution in [1.29, 1.82) is 0 Å². The van der Waals surface area contributed by atoms with E-state index in [-0.39, 0.29) is 5.91 Å². The molecule has 0 atom stereocenters. The van der Waals surface area contributed by atoms with E-state index in [1.807, 2.05) is 6.92 Å². The average molecular weight is 265 g/mol. The molecule has 1 aromatic carbocycles. The third-order valence-electron chi connectivity index (χ3n) is 2.72. The number of nitrogens with one attached hydrogen (secondary N) is 1. The molecule has 0 spiro atoms. The van der Waals surface area contributed by atoms with Crippen molar-refractivity contribution in [1.82, 2.24) is 5.32 Å². The number of carbonyl (C=O) groups excluding carboxylic acids is 1. The largest absolute Gasteiger partial charge is 0.493 e. The zero-order valence-corrected chi connectivity index (χ0v) is 12.0. The summed E-state index contributed by atoms with van der Waals surface area (Å²) in [6.45, 7) is 5.47. The van der Waals surface area contributed by atoms with Gasteiger partial charge in [0.15, 0.2) is 11.5 Å². The van der Waals surface area contributed by atoms with Crippen LogP contribution in [0, 0.1) is 0 Å². The first-order valence-electron chi connectivity index (χ1n) is 6.82. The number of methoxy groups -OCH3 is 1. The predicted molar refractivity (Wildman–Crippen MR) is 76.0 cm³/mol. The second kappa shape index (κ2) is 8.40. The fourth-order valence-corrected chi connectivity index (χ4v) is 1.60. The SMILES string of the molecule is CCCCOc1ccc(C(=O)NCCC)cc1OC. The lowest BCUT2D eigenvalue weighted by Gasteiger charge is -2.12. The Balaban J connectivity index is 2.74. The van der Waals surface area contributed by atoms with E-state index in [1.165, 1.54) is 0 Å². The van der Waals surface area contributed by atoms with Crippen LogP contribution in [0.3, 0.4) is 0 Å². The van der Waals surface area contributed by atoms with Crippen molar-refractivity contribution >= 4 is 5.91 Å². The fourth-order valence-electron chi connectivity index (χ4n) is 1.60. The summed E-state index contributed by atoms with van der Waals surface area (Å²) in [5.74, 6) is 1.20.